The van der Waals surface area contributed by atoms with Crippen LogP contribution >= 0.6 is 0 Å². The van der Waals surface area contributed by atoms with Crippen LogP contribution in [0.2, 0.25) is 0 Å². The van der Waals surface area contributed by atoms with Gasteiger partial charge in [-0.2, -0.15) is 0 Å². The summed E-state index contributed by atoms with van der Waals surface area (Å²) in [7, 11) is 3.01. The smallest absolute Gasteiger partial charge is 0.243 e. The molecule has 0 aromatic heterocycles. The lowest BCUT2D eigenvalue weighted by Crippen LogP contribution is -2.21. The molecule has 2 aromatic carbocycles. The van der Waals surface area contributed by atoms with E-state index >= 15 is 0 Å². The molecule has 2 rings (SSSR count). The number of nitrogens with one attached hydrogen (secondary N) is 2. The first-order valence-electron chi connectivity index (χ1n) is 6.74. The third-order valence-corrected chi connectivity index (χ3v) is 3.04. The van der Waals surface area contributed by atoms with Gasteiger partial charge in [0.05, 0.1) is 20.8 Å². The Balaban J connectivity index is 1.95. The summed E-state index contributed by atoms with van der Waals surface area (Å²) >= 11 is 0. The molecule has 0 bridgehead atoms. The number of hydrogen-bond donors (Lipinski definition) is 2. The molecule has 0 saturated heterocycles. The van der Waals surface area contributed by atoms with Gasteiger partial charge in [0.1, 0.15) is 0 Å². The molecule has 1 amide bonds. The molecule has 23 heavy (non-hydrogen) atoms. The average Bonchev–Trinajstić information content (AvgIpc) is 2.55. The summed E-state index contributed by atoms with van der Waals surface area (Å²) in [5.41, 5.74) is 0.839. The summed E-state index contributed by atoms with van der Waals surface area (Å²) in [6, 6.07) is 8.27. The van der Waals surface area contributed by atoms with Gasteiger partial charge in [0.25, 0.3) is 0 Å². The number of benzene rings is 2. The van der Waals surface area contributed by atoms with Crippen molar-refractivity contribution in [3.05, 3.63) is 48.0 Å². The summed E-state index contributed by atoms with van der Waals surface area (Å²) in [5, 5.41) is 5.37. The Labute approximate surface area is 132 Å². The summed E-state index contributed by atoms with van der Waals surface area (Å²) in [5.74, 6) is -1.23. The topological polar surface area (TPSA) is 59.6 Å². The Bertz CT molecular complexity index is 708. The van der Waals surface area contributed by atoms with Gasteiger partial charge in [0.15, 0.2) is 23.1 Å². The monoisotopic (exact) mass is 322 g/mol. The lowest BCUT2D eigenvalue weighted by atomic mass is 10.2. The van der Waals surface area contributed by atoms with E-state index < -0.39 is 11.6 Å². The van der Waals surface area contributed by atoms with Crippen LogP contribution in [0, 0.1) is 11.6 Å². The number of ether oxygens (including phenoxy) is 2. The molecule has 0 aliphatic heterocycles. The summed E-state index contributed by atoms with van der Waals surface area (Å²) in [4.78, 5) is 11.9. The Kier molecular flexibility index (Phi) is 5.35. The number of carbonyl (C=O) groups excluding carboxylic acids is 1. The number of anilines is 2. The second-order valence-electron chi connectivity index (χ2n) is 4.60. The van der Waals surface area contributed by atoms with Gasteiger partial charge in [-0.3, -0.25) is 4.79 Å². The zero-order valence-electron chi connectivity index (χ0n) is 12.7. The van der Waals surface area contributed by atoms with E-state index in [1.54, 1.807) is 18.2 Å². The van der Waals surface area contributed by atoms with Crippen LogP contribution in [0.5, 0.6) is 11.5 Å². The average molecular weight is 322 g/mol. The lowest BCUT2D eigenvalue weighted by molar-refractivity contribution is -0.114. The molecule has 0 aliphatic rings. The van der Waals surface area contributed by atoms with Crippen LogP contribution in [0.1, 0.15) is 0 Å². The molecule has 0 radical (unpaired) electrons. The molecule has 0 aliphatic carbocycles. The highest BCUT2D eigenvalue weighted by Gasteiger charge is 2.08. The molecule has 0 spiro atoms. The largest absolute Gasteiger partial charge is 0.493 e. The third kappa shape index (κ3) is 4.32. The van der Waals surface area contributed by atoms with E-state index in [0.29, 0.717) is 22.9 Å². The molecule has 0 fully saturated rings. The number of halogens is 2. The summed E-state index contributed by atoms with van der Waals surface area (Å²) < 4.78 is 36.1. The maximum atomic E-state index is 13.1. The Morgan fingerprint density at radius 2 is 1.65 bits per heavy atom. The van der Waals surface area contributed by atoms with Crippen LogP contribution in [0.3, 0.4) is 0 Å². The number of amides is 1. The van der Waals surface area contributed by atoms with Crippen LogP contribution in [-0.2, 0) is 4.79 Å². The maximum Gasteiger partial charge on any atom is 0.243 e. The second-order valence-corrected chi connectivity index (χ2v) is 4.60. The Morgan fingerprint density at radius 3 is 2.30 bits per heavy atom. The van der Waals surface area contributed by atoms with Gasteiger partial charge in [-0.25, -0.2) is 8.78 Å². The first-order valence-corrected chi connectivity index (χ1v) is 6.74. The third-order valence-electron chi connectivity index (χ3n) is 3.04. The fraction of sp³-hybridized carbons (Fsp3) is 0.188. The normalized spacial score (nSPS) is 10.1. The van der Waals surface area contributed by atoms with Crippen LogP contribution in [0.4, 0.5) is 20.2 Å². The van der Waals surface area contributed by atoms with E-state index in [4.69, 9.17) is 9.47 Å². The van der Waals surface area contributed by atoms with E-state index in [9.17, 15) is 13.6 Å². The first-order chi connectivity index (χ1) is 11.0. The highest BCUT2D eigenvalue weighted by Crippen LogP contribution is 2.29. The number of hydrogen-bond acceptors (Lipinski definition) is 4. The number of carbonyl (C=O) groups is 1. The second kappa shape index (κ2) is 7.44. The lowest BCUT2D eigenvalue weighted by Gasteiger charge is -2.11. The highest BCUT2D eigenvalue weighted by atomic mass is 19.2. The van der Waals surface area contributed by atoms with Crippen LogP contribution in [0.25, 0.3) is 0 Å². The molecule has 0 saturated carbocycles. The van der Waals surface area contributed by atoms with Gasteiger partial charge in [-0.15, -0.1) is 0 Å². The van der Waals surface area contributed by atoms with Crippen molar-refractivity contribution < 1.29 is 23.0 Å². The van der Waals surface area contributed by atoms with Gasteiger partial charge < -0.3 is 20.1 Å². The molecule has 0 atom stereocenters. The predicted molar refractivity (Wildman–Crippen MR) is 83.0 cm³/mol. The molecule has 122 valence electrons. The molecular weight excluding hydrogens is 306 g/mol. The van der Waals surface area contributed by atoms with Gasteiger partial charge in [-0.05, 0) is 24.3 Å². The van der Waals surface area contributed by atoms with Crippen molar-refractivity contribution in [1.29, 1.82) is 0 Å². The summed E-state index contributed by atoms with van der Waals surface area (Å²) in [6.45, 7) is -0.0978. The SMILES string of the molecule is COc1ccc(NC(=O)CNc2ccc(F)c(F)c2)cc1OC. The minimum atomic E-state index is -0.977. The van der Waals surface area contributed by atoms with E-state index in [1.807, 2.05) is 0 Å². The zero-order valence-corrected chi connectivity index (χ0v) is 12.7. The molecule has 0 unspecified atom stereocenters. The first kappa shape index (κ1) is 16.5. The van der Waals surface area contributed by atoms with Crippen molar-refractivity contribution in [3.8, 4) is 11.5 Å². The van der Waals surface area contributed by atoms with E-state index in [0.717, 1.165) is 12.1 Å². The van der Waals surface area contributed by atoms with Crippen molar-refractivity contribution in [1.82, 2.24) is 0 Å². The fourth-order valence-electron chi connectivity index (χ4n) is 1.91. The molecule has 0 heterocycles. The van der Waals surface area contributed by atoms with E-state index in [-0.39, 0.29) is 12.5 Å². The highest BCUT2D eigenvalue weighted by molar-refractivity contribution is 5.94. The minimum absolute atomic E-state index is 0.0978. The molecule has 5 nitrogen and oxygen atoms in total. The molecular formula is C16H16F2N2O3. The van der Waals surface area contributed by atoms with Crippen LogP contribution < -0.4 is 20.1 Å². The number of methoxy groups -OCH3 is 2. The van der Waals surface area contributed by atoms with Gasteiger partial charge in [-0.1, -0.05) is 0 Å². The molecule has 7 heteroatoms. The van der Waals surface area contributed by atoms with E-state index in [1.165, 1.54) is 20.3 Å². The van der Waals surface area contributed by atoms with Crippen molar-refractivity contribution in [2.75, 3.05) is 31.4 Å². The van der Waals surface area contributed by atoms with Crippen molar-refractivity contribution in [2.45, 2.75) is 0 Å². The molecule has 2 aromatic rings. The summed E-state index contributed by atoms with van der Waals surface area (Å²) in [6.07, 6.45) is 0. The quantitative estimate of drug-likeness (QED) is 0.858. The maximum absolute atomic E-state index is 13.1. The van der Waals surface area contributed by atoms with Gasteiger partial charge >= 0.3 is 0 Å². The van der Waals surface area contributed by atoms with Gasteiger partial charge in [0.2, 0.25) is 5.91 Å². The van der Waals surface area contributed by atoms with E-state index in [2.05, 4.69) is 10.6 Å². The standard InChI is InChI=1S/C16H16F2N2O3/c1-22-14-6-4-11(8-15(14)23-2)20-16(21)9-19-10-3-5-12(17)13(18)7-10/h3-8,19H,9H2,1-2H3,(H,20,21). The molecule has 2 N–H and O–H groups in total. The Morgan fingerprint density at radius 1 is 0.957 bits per heavy atom. The predicted octanol–water partition coefficient (Wildman–Crippen LogP) is 3.03. The van der Waals surface area contributed by atoms with Crippen LogP contribution in [0.15, 0.2) is 36.4 Å². The minimum Gasteiger partial charge on any atom is -0.493 e. The fourth-order valence-corrected chi connectivity index (χ4v) is 1.91. The van der Waals surface area contributed by atoms with Crippen LogP contribution in [-0.4, -0.2) is 26.7 Å². The number of rotatable bonds is 6. The van der Waals surface area contributed by atoms with Crippen molar-refractivity contribution in [2.24, 2.45) is 0 Å². The zero-order chi connectivity index (χ0) is 16.8. The van der Waals surface area contributed by atoms with Crippen molar-refractivity contribution >= 4 is 17.3 Å². The van der Waals surface area contributed by atoms with Crippen molar-refractivity contribution in [3.63, 3.8) is 0 Å². The Hall–Kier alpha value is -2.83. The van der Waals surface area contributed by atoms with Gasteiger partial charge in [0, 0.05) is 23.5 Å².